The van der Waals surface area contributed by atoms with Gasteiger partial charge in [-0.3, -0.25) is 0 Å². The number of ether oxygens (including phenoxy) is 2. The number of anilines is 2. The van der Waals surface area contributed by atoms with Gasteiger partial charge in [-0.1, -0.05) is 0 Å². The highest BCUT2D eigenvalue weighted by Crippen LogP contribution is 2.22. The molecular formula is C13H16N6O3. The van der Waals surface area contributed by atoms with Crippen LogP contribution in [0.25, 0.3) is 0 Å². The number of benzene rings is 1. The number of carbonyl (C=O) groups excluding carboxylic acids is 1. The highest BCUT2D eigenvalue weighted by atomic mass is 16.5. The average molecular weight is 304 g/mol. The quantitative estimate of drug-likeness (QED) is 0.767. The third-order valence-electron chi connectivity index (χ3n) is 2.55. The molecule has 2 rings (SSSR count). The minimum absolute atomic E-state index is 0.100. The molecule has 0 aliphatic rings. The van der Waals surface area contributed by atoms with E-state index in [4.69, 9.17) is 9.47 Å². The van der Waals surface area contributed by atoms with E-state index >= 15 is 0 Å². The lowest BCUT2D eigenvalue weighted by Gasteiger charge is -2.08. The molecule has 0 bridgehead atoms. The van der Waals surface area contributed by atoms with Gasteiger partial charge in [-0.2, -0.15) is 9.97 Å². The predicted octanol–water partition coefficient (Wildman–Crippen LogP) is 1.47. The van der Waals surface area contributed by atoms with Crippen molar-refractivity contribution in [2.75, 3.05) is 31.8 Å². The zero-order valence-electron chi connectivity index (χ0n) is 12.4. The van der Waals surface area contributed by atoms with Crippen LogP contribution < -0.4 is 25.4 Å². The lowest BCUT2D eigenvalue weighted by atomic mass is 10.3. The summed E-state index contributed by atoms with van der Waals surface area (Å²) >= 11 is 0. The van der Waals surface area contributed by atoms with Gasteiger partial charge >= 0.3 is 18.1 Å². The van der Waals surface area contributed by atoms with E-state index in [0.29, 0.717) is 17.4 Å². The normalized spacial score (nSPS) is 9.77. The van der Waals surface area contributed by atoms with Gasteiger partial charge in [0.15, 0.2) is 0 Å². The number of hydrogen-bond donors (Lipinski definition) is 3. The smallest absolute Gasteiger partial charge is 0.330 e. The third-order valence-corrected chi connectivity index (χ3v) is 2.55. The highest BCUT2D eigenvalue weighted by Gasteiger charge is 2.08. The van der Waals surface area contributed by atoms with Crippen LogP contribution in [0.3, 0.4) is 0 Å². The molecule has 9 nitrogen and oxygen atoms in total. The van der Waals surface area contributed by atoms with E-state index < -0.39 is 0 Å². The number of aromatic nitrogens is 3. The Kier molecular flexibility index (Phi) is 4.91. The molecule has 0 unspecified atom stereocenters. The van der Waals surface area contributed by atoms with Crippen molar-refractivity contribution < 1.29 is 14.3 Å². The monoisotopic (exact) mass is 304 g/mol. The standard InChI is InChI=1S/C13H16N6O3/c1-14-10-17-12(21-3)19-13(18-10)22-9-6-4-8(5-7-9)16-11(20)15-2/h4-7H,1-3H3,(H2,15,16,20)(H,14,17,18,19). The Balaban J connectivity index is 2.12. The van der Waals surface area contributed by atoms with Crippen LogP contribution in [-0.2, 0) is 0 Å². The van der Waals surface area contributed by atoms with Crippen LogP contribution in [-0.4, -0.2) is 42.2 Å². The van der Waals surface area contributed by atoms with E-state index in [-0.39, 0.29) is 18.1 Å². The van der Waals surface area contributed by atoms with Crippen molar-refractivity contribution in [2.24, 2.45) is 0 Å². The molecule has 1 aromatic heterocycles. The number of rotatable bonds is 5. The topological polar surface area (TPSA) is 110 Å². The Labute approximate surface area is 127 Å². The summed E-state index contributed by atoms with van der Waals surface area (Å²) < 4.78 is 10.5. The van der Waals surface area contributed by atoms with Gasteiger partial charge in [0.05, 0.1) is 7.11 Å². The summed E-state index contributed by atoms with van der Waals surface area (Å²) in [5.74, 6) is 0.845. The number of amides is 2. The van der Waals surface area contributed by atoms with Crippen molar-refractivity contribution >= 4 is 17.7 Å². The van der Waals surface area contributed by atoms with Gasteiger partial charge in [0.25, 0.3) is 0 Å². The fraction of sp³-hybridized carbons (Fsp3) is 0.231. The Morgan fingerprint density at radius 3 is 2.32 bits per heavy atom. The van der Waals surface area contributed by atoms with Crippen molar-refractivity contribution in [3.8, 4) is 17.8 Å². The van der Waals surface area contributed by atoms with Gasteiger partial charge in [-0.05, 0) is 24.3 Å². The molecule has 0 saturated heterocycles. The van der Waals surface area contributed by atoms with Crippen LogP contribution >= 0.6 is 0 Å². The Bertz CT molecular complexity index is 624. The van der Waals surface area contributed by atoms with Crippen molar-refractivity contribution in [1.29, 1.82) is 0 Å². The molecule has 9 heteroatoms. The molecule has 2 amide bonds. The second-order valence-corrected chi connectivity index (χ2v) is 4.01. The molecule has 0 aliphatic heterocycles. The zero-order valence-corrected chi connectivity index (χ0v) is 12.4. The van der Waals surface area contributed by atoms with Gasteiger partial charge in [0, 0.05) is 19.8 Å². The average Bonchev–Trinajstić information content (AvgIpc) is 2.56. The molecule has 0 saturated carbocycles. The zero-order chi connectivity index (χ0) is 15.9. The second-order valence-electron chi connectivity index (χ2n) is 4.01. The molecule has 0 atom stereocenters. The SMILES string of the molecule is CNC(=O)Nc1ccc(Oc2nc(NC)nc(OC)n2)cc1. The second kappa shape index (κ2) is 7.07. The lowest BCUT2D eigenvalue weighted by Crippen LogP contribution is -2.24. The van der Waals surface area contributed by atoms with E-state index in [0.717, 1.165) is 0 Å². The van der Waals surface area contributed by atoms with E-state index in [9.17, 15) is 4.79 Å². The summed E-state index contributed by atoms with van der Waals surface area (Å²) in [4.78, 5) is 23.2. The van der Waals surface area contributed by atoms with E-state index in [1.165, 1.54) is 7.11 Å². The largest absolute Gasteiger partial charge is 0.467 e. The van der Waals surface area contributed by atoms with E-state index in [1.807, 2.05) is 0 Å². The molecule has 1 aromatic carbocycles. The van der Waals surface area contributed by atoms with Crippen molar-refractivity contribution in [3.05, 3.63) is 24.3 Å². The van der Waals surface area contributed by atoms with Gasteiger partial charge in [-0.25, -0.2) is 4.79 Å². The van der Waals surface area contributed by atoms with Crippen LogP contribution in [0.15, 0.2) is 24.3 Å². The molecule has 2 aromatic rings. The fourth-order valence-electron chi connectivity index (χ4n) is 1.49. The van der Waals surface area contributed by atoms with Crippen molar-refractivity contribution in [3.63, 3.8) is 0 Å². The number of nitrogens with one attached hydrogen (secondary N) is 3. The summed E-state index contributed by atoms with van der Waals surface area (Å²) in [5.41, 5.74) is 0.635. The number of nitrogens with zero attached hydrogens (tertiary/aromatic N) is 3. The third kappa shape index (κ3) is 3.95. The summed E-state index contributed by atoms with van der Waals surface area (Å²) in [5, 5.41) is 7.89. The maximum atomic E-state index is 11.2. The maximum Gasteiger partial charge on any atom is 0.330 e. The first-order valence-corrected chi connectivity index (χ1v) is 6.39. The number of methoxy groups -OCH3 is 1. The molecule has 22 heavy (non-hydrogen) atoms. The van der Waals surface area contributed by atoms with Crippen LogP contribution in [0.4, 0.5) is 16.4 Å². The van der Waals surface area contributed by atoms with E-state index in [2.05, 4.69) is 30.9 Å². The Morgan fingerprint density at radius 1 is 1.05 bits per heavy atom. The lowest BCUT2D eigenvalue weighted by molar-refractivity contribution is 0.254. The summed E-state index contributed by atoms with van der Waals surface area (Å²) in [6.07, 6.45) is 0. The fourth-order valence-corrected chi connectivity index (χ4v) is 1.49. The first-order valence-electron chi connectivity index (χ1n) is 6.39. The van der Waals surface area contributed by atoms with Gasteiger partial charge < -0.3 is 25.4 Å². The summed E-state index contributed by atoms with van der Waals surface area (Å²) in [6, 6.07) is 6.70. The van der Waals surface area contributed by atoms with Gasteiger partial charge in [-0.15, -0.1) is 4.98 Å². The molecule has 1 heterocycles. The summed E-state index contributed by atoms with van der Waals surface area (Å²) in [7, 11) is 4.68. The molecule has 0 fully saturated rings. The molecule has 3 N–H and O–H groups in total. The highest BCUT2D eigenvalue weighted by molar-refractivity contribution is 5.88. The molecular weight excluding hydrogens is 288 g/mol. The molecule has 0 radical (unpaired) electrons. The Morgan fingerprint density at radius 2 is 1.73 bits per heavy atom. The van der Waals surface area contributed by atoms with Gasteiger partial charge in [0.2, 0.25) is 5.95 Å². The molecule has 0 spiro atoms. The van der Waals surface area contributed by atoms with Gasteiger partial charge in [0.1, 0.15) is 5.75 Å². The number of urea groups is 1. The number of carbonyl (C=O) groups is 1. The minimum Gasteiger partial charge on any atom is -0.467 e. The number of hydrogen-bond acceptors (Lipinski definition) is 7. The maximum absolute atomic E-state index is 11.2. The Hall–Kier alpha value is -3.10. The van der Waals surface area contributed by atoms with Crippen molar-refractivity contribution in [1.82, 2.24) is 20.3 Å². The van der Waals surface area contributed by atoms with Crippen LogP contribution in [0, 0.1) is 0 Å². The van der Waals surface area contributed by atoms with Crippen molar-refractivity contribution in [2.45, 2.75) is 0 Å². The first kappa shape index (κ1) is 15.3. The van der Waals surface area contributed by atoms with Crippen LogP contribution in [0.5, 0.6) is 17.8 Å². The molecule has 116 valence electrons. The molecule has 0 aliphatic carbocycles. The predicted molar refractivity (Wildman–Crippen MR) is 80.5 cm³/mol. The minimum atomic E-state index is -0.297. The van der Waals surface area contributed by atoms with Crippen LogP contribution in [0.1, 0.15) is 0 Å². The van der Waals surface area contributed by atoms with E-state index in [1.54, 1.807) is 38.4 Å². The first-order chi connectivity index (χ1) is 10.6. The summed E-state index contributed by atoms with van der Waals surface area (Å²) in [6.45, 7) is 0. The van der Waals surface area contributed by atoms with Crippen LogP contribution in [0.2, 0.25) is 0 Å².